The van der Waals surface area contributed by atoms with Gasteiger partial charge < -0.3 is 14.6 Å². The van der Waals surface area contributed by atoms with Crippen molar-refractivity contribution in [3.8, 4) is 0 Å². The Bertz CT molecular complexity index is 982. The van der Waals surface area contributed by atoms with E-state index in [-0.39, 0.29) is 17.9 Å². The van der Waals surface area contributed by atoms with Crippen LogP contribution in [0.4, 0.5) is 0 Å². The number of aromatic nitrogens is 3. The lowest BCUT2D eigenvalue weighted by atomic mass is 10.2. The zero-order chi connectivity index (χ0) is 18.8. The molecule has 0 spiro atoms. The molecule has 3 aromatic heterocycles. The predicted molar refractivity (Wildman–Crippen MR) is 100 cm³/mol. The number of amides is 2. The first-order valence-electron chi connectivity index (χ1n) is 9.04. The highest BCUT2D eigenvalue weighted by atomic mass is 16.2. The summed E-state index contributed by atoms with van der Waals surface area (Å²) >= 11 is 0. The summed E-state index contributed by atoms with van der Waals surface area (Å²) in [5, 5.41) is 2.94. The zero-order valence-electron chi connectivity index (χ0n) is 15.1. The third-order valence-electron chi connectivity index (χ3n) is 4.86. The fourth-order valence-corrected chi connectivity index (χ4v) is 3.46. The van der Waals surface area contributed by atoms with E-state index in [0.717, 1.165) is 23.5 Å². The normalized spacial score (nSPS) is 16.5. The molecule has 0 bridgehead atoms. The van der Waals surface area contributed by atoms with E-state index >= 15 is 0 Å². The Morgan fingerprint density at radius 3 is 2.85 bits per heavy atom. The van der Waals surface area contributed by atoms with Gasteiger partial charge in [0, 0.05) is 31.4 Å². The topological polar surface area (TPSA) is 79.6 Å². The maximum absolute atomic E-state index is 13.3. The van der Waals surface area contributed by atoms with Crippen LogP contribution in [0, 0.1) is 6.92 Å². The van der Waals surface area contributed by atoms with Gasteiger partial charge in [0.1, 0.15) is 11.3 Å². The van der Waals surface area contributed by atoms with E-state index in [0.29, 0.717) is 25.2 Å². The minimum absolute atomic E-state index is 0.0362. The molecule has 7 heteroatoms. The molecule has 138 valence electrons. The predicted octanol–water partition coefficient (Wildman–Crippen LogP) is 1.96. The SMILES string of the molecule is Cc1c(C(=O)N(Cc2ccccn2)C[C@@H]2CCC(=O)N2)nc2ccccn12. The molecule has 3 aromatic rings. The molecule has 0 saturated carbocycles. The minimum atomic E-state index is -0.150. The molecule has 4 rings (SSSR count). The molecule has 0 aromatic carbocycles. The van der Waals surface area contributed by atoms with E-state index in [4.69, 9.17) is 0 Å². The summed E-state index contributed by atoms with van der Waals surface area (Å²) in [6.07, 6.45) is 4.85. The summed E-state index contributed by atoms with van der Waals surface area (Å²) < 4.78 is 1.91. The van der Waals surface area contributed by atoms with Crippen LogP contribution in [0.1, 0.15) is 34.7 Å². The molecule has 1 aliphatic heterocycles. The molecule has 1 atom stereocenters. The Balaban J connectivity index is 1.64. The van der Waals surface area contributed by atoms with Gasteiger partial charge in [-0.2, -0.15) is 0 Å². The fraction of sp³-hybridized carbons (Fsp3) is 0.300. The summed E-state index contributed by atoms with van der Waals surface area (Å²) in [6.45, 7) is 2.71. The zero-order valence-corrected chi connectivity index (χ0v) is 15.1. The number of rotatable bonds is 5. The van der Waals surface area contributed by atoms with Gasteiger partial charge in [0.05, 0.1) is 17.9 Å². The van der Waals surface area contributed by atoms with Crippen molar-refractivity contribution < 1.29 is 9.59 Å². The number of imidazole rings is 1. The molecule has 1 N–H and O–H groups in total. The molecular formula is C20H21N5O2. The second kappa shape index (κ2) is 7.19. The van der Waals surface area contributed by atoms with Crippen LogP contribution in [0.15, 0.2) is 48.8 Å². The lowest BCUT2D eigenvalue weighted by Crippen LogP contribution is -2.42. The van der Waals surface area contributed by atoms with E-state index in [2.05, 4.69) is 15.3 Å². The average Bonchev–Trinajstić information content (AvgIpc) is 3.25. The van der Waals surface area contributed by atoms with Crippen LogP contribution < -0.4 is 5.32 Å². The second-order valence-corrected chi connectivity index (χ2v) is 6.78. The van der Waals surface area contributed by atoms with Gasteiger partial charge in [0.2, 0.25) is 5.91 Å². The van der Waals surface area contributed by atoms with Gasteiger partial charge in [-0.05, 0) is 37.6 Å². The van der Waals surface area contributed by atoms with Crippen LogP contribution in [0.25, 0.3) is 5.65 Å². The first kappa shape index (κ1) is 17.2. The Morgan fingerprint density at radius 1 is 1.30 bits per heavy atom. The monoisotopic (exact) mass is 363 g/mol. The van der Waals surface area contributed by atoms with E-state index in [9.17, 15) is 9.59 Å². The van der Waals surface area contributed by atoms with Crippen molar-refractivity contribution in [2.75, 3.05) is 6.54 Å². The number of hydrogen-bond donors (Lipinski definition) is 1. The number of carbonyl (C=O) groups is 2. The highest BCUT2D eigenvalue weighted by molar-refractivity contribution is 5.94. The van der Waals surface area contributed by atoms with Crippen molar-refractivity contribution in [3.05, 3.63) is 65.9 Å². The number of aryl methyl sites for hydroxylation is 1. The lowest BCUT2D eigenvalue weighted by Gasteiger charge is -2.25. The smallest absolute Gasteiger partial charge is 0.274 e. The Kier molecular flexibility index (Phi) is 4.58. The molecule has 0 unspecified atom stereocenters. The van der Waals surface area contributed by atoms with Gasteiger partial charge in [0.25, 0.3) is 5.91 Å². The number of carbonyl (C=O) groups excluding carboxylic acids is 2. The van der Waals surface area contributed by atoms with Gasteiger partial charge in [-0.15, -0.1) is 0 Å². The van der Waals surface area contributed by atoms with Gasteiger partial charge in [-0.3, -0.25) is 14.6 Å². The summed E-state index contributed by atoms with van der Waals surface area (Å²) in [7, 11) is 0. The number of fused-ring (bicyclic) bond motifs is 1. The van der Waals surface area contributed by atoms with Crippen molar-refractivity contribution in [1.82, 2.24) is 24.6 Å². The molecular weight excluding hydrogens is 342 g/mol. The Morgan fingerprint density at radius 2 is 2.15 bits per heavy atom. The summed E-state index contributed by atoms with van der Waals surface area (Å²) in [6, 6.07) is 11.3. The third kappa shape index (κ3) is 3.53. The number of nitrogens with zero attached hydrogens (tertiary/aromatic N) is 4. The van der Waals surface area contributed by atoms with Crippen LogP contribution in [-0.2, 0) is 11.3 Å². The maximum Gasteiger partial charge on any atom is 0.274 e. The number of nitrogens with one attached hydrogen (secondary N) is 1. The molecule has 0 radical (unpaired) electrons. The highest BCUT2D eigenvalue weighted by Crippen LogP contribution is 2.17. The van der Waals surface area contributed by atoms with Crippen molar-refractivity contribution in [3.63, 3.8) is 0 Å². The molecule has 7 nitrogen and oxygen atoms in total. The van der Waals surface area contributed by atoms with E-state index in [1.165, 1.54) is 0 Å². The third-order valence-corrected chi connectivity index (χ3v) is 4.86. The second-order valence-electron chi connectivity index (χ2n) is 6.78. The lowest BCUT2D eigenvalue weighted by molar-refractivity contribution is -0.119. The Hall–Kier alpha value is -3.22. The van der Waals surface area contributed by atoms with Crippen molar-refractivity contribution in [1.29, 1.82) is 0 Å². The first-order valence-corrected chi connectivity index (χ1v) is 9.04. The summed E-state index contributed by atoms with van der Waals surface area (Å²) in [5.41, 5.74) is 2.78. The molecule has 2 amide bonds. The maximum atomic E-state index is 13.3. The van der Waals surface area contributed by atoms with Gasteiger partial charge in [0.15, 0.2) is 0 Å². The molecule has 0 aliphatic carbocycles. The largest absolute Gasteiger partial charge is 0.352 e. The van der Waals surface area contributed by atoms with E-state index in [1.54, 1.807) is 11.1 Å². The van der Waals surface area contributed by atoms with E-state index in [1.807, 2.05) is 53.9 Å². The van der Waals surface area contributed by atoms with Crippen molar-refractivity contribution in [2.45, 2.75) is 32.4 Å². The van der Waals surface area contributed by atoms with Crippen molar-refractivity contribution in [2.24, 2.45) is 0 Å². The number of pyridine rings is 2. The van der Waals surface area contributed by atoms with Crippen LogP contribution in [0.5, 0.6) is 0 Å². The molecule has 27 heavy (non-hydrogen) atoms. The highest BCUT2D eigenvalue weighted by Gasteiger charge is 2.28. The van der Waals surface area contributed by atoms with Crippen LogP contribution in [0.2, 0.25) is 0 Å². The van der Waals surface area contributed by atoms with Crippen LogP contribution >= 0.6 is 0 Å². The summed E-state index contributed by atoms with van der Waals surface area (Å²) in [4.78, 5) is 35.5. The number of hydrogen-bond acceptors (Lipinski definition) is 4. The van der Waals surface area contributed by atoms with Crippen LogP contribution in [0.3, 0.4) is 0 Å². The Labute approximate surface area is 157 Å². The molecule has 1 saturated heterocycles. The summed E-state index contributed by atoms with van der Waals surface area (Å²) in [5.74, 6) is -0.114. The van der Waals surface area contributed by atoms with E-state index < -0.39 is 0 Å². The minimum Gasteiger partial charge on any atom is -0.352 e. The standard InChI is InChI=1S/C20H21N5O2/c1-14-19(23-17-7-3-5-11-25(14)17)20(27)24(12-15-6-2-4-10-21-15)13-16-8-9-18(26)22-16/h2-7,10-11,16H,8-9,12-13H2,1H3,(H,22,26)/t16-/m0/s1. The molecule has 1 fully saturated rings. The first-order chi connectivity index (χ1) is 13.1. The average molecular weight is 363 g/mol. The van der Waals surface area contributed by atoms with Gasteiger partial charge in [-0.25, -0.2) is 4.98 Å². The van der Waals surface area contributed by atoms with Crippen LogP contribution in [-0.4, -0.2) is 43.7 Å². The van der Waals surface area contributed by atoms with Crippen molar-refractivity contribution >= 4 is 17.5 Å². The van der Waals surface area contributed by atoms with Gasteiger partial charge in [-0.1, -0.05) is 12.1 Å². The molecule has 1 aliphatic rings. The molecule has 4 heterocycles. The fourth-order valence-electron chi connectivity index (χ4n) is 3.46. The quantitative estimate of drug-likeness (QED) is 0.751. The van der Waals surface area contributed by atoms with Gasteiger partial charge >= 0.3 is 0 Å².